The van der Waals surface area contributed by atoms with E-state index in [0.29, 0.717) is 5.57 Å². The highest BCUT2D eigenvalue weighted by atomic mass is 16.5. The van der Waals surface area contributed by atoms with Crippen LogP contribution in [0.3, 0.4) is 0 Å². The molecule has 0 aliphatic carbocycles. The summed E-state index contributed by atoms with van der Waals surface area (Å²) >= 11 is 0. The molecule has 4 N–H and O–H groups in total. The van der Waals surface area contributed by atoms with Gasteiger partial charge < -0.3 is 21.2 Å². The largest absolute Gasteiger partial charge is 0.461 e. The minimum atomic E-state index is -0.573. The second kappa shape index (κ2) is 6.71. The molecule has 0 unspecified atom stereocenters. The average Bonchev–Trinajstić information content (AvgIpc) is 2.17. The number of carbonyl (C=O) groups is 1. The minimum absolute atomic E-state index is 0.0168. The number of hydrogen-bond acceptors (Lipinski definition) is 5. The van der Waals surface area contributed by atoms with Crippen LogP contribution in [0.15, 0.2) is 23.5 Å². The van der Waals surface area contributed by atoms with Crippen LogP contribution in [-0.2, 0) is 9.53 Å². The molecule has 5 heteroatoms. The molecular formula is C9H15N3O2. The van der Waals surface area contributed by atoms with Gasteiger partial charge in [-0.3, -0.25) is 0 Å². The molecule has 0 heterocycles. The Bertz CT molecular complexity index is 269. The van der Waals surface area contributed by atoms with E-state index in [4.69, 9.17) is 11.1 Å². The number of rotatable bonds is 5. The third kappa shape index (κ3) is 4.30. The van der Waals surface area contributed by atoms with Gasteiger partial charge in [0.15, 0.2) is 0 Å². The first-order valence-corrected chi connectivity index (χ1v) is 4.17. The van der Waals surface area contributed by atoms with Crippen LogP contribution >= 0.6 is 0 Å². The van der Waals surface area contributed by atoms with Crippen LogP contribution < -0.4 is 11.1 Å². The predicted octanol–water partition coefficient (Wildman–Crippen LogP) is 0.145. The number of hydrogen-bond donors (Lipinski definition) is 3. The average molecular weight is 197 g/mol. The van der Waals surface area contributed by atoms with Crippen LogP contribution in [0.1, 0.15) is 6.92 Å². The lowest BCUT2D eigenvalue weighted by molar-refractivity contribution is -0.138. The standard InChI is InChI=1S/C9H15N3O2/c1-3-14-9(13)8(11)4-7(5-10)6-12-2/h4-6,10,12H,3,11H2,1-2H3/b7-6-,8-4-,10-5?. The second-order valence-electron chi connectivity index (χ2n) is 2.40. The first kappa shape index (κ1) is 12.2. The van der Waals surface area contributed by atoms with Crippen LogP contribution in [0, 0.1) is 5.41 Å². The predicted molar refractivity (Wildman–Crippen MR) is 54.8 cm³/mol. The molecule has 5 nitrogen and oxygen atoms in total. The maximum atomic E-state index is 11.1. The number of carbonyl (C=O) groups excluding carboxylic acids is 1. The van der Waals surface area contributed by atoms with Gasteiger partial charge in [-0.2, -0.15) is 0 Å². The molecule has 0 atom stereocenters. The Labute approximate surface area is 83.1 Å². The van der Waals surface area contributed by atoms with Crippen molar-refractivity contribution in [2.45, 2.75) is 6.92 Å². The van der Waals surface area contributed by atoms with Crippen molar-refractivity contribution in [2.24, 2.45) is 5.73 Å². The van der Waals surface area contributed by atoms with Crippen molar-refractivity contribution in [2.75, 3.05) is 13.7 Å². The molecule has 0 saturated heterocycles. The van der Waals surface area contributed by atoms with E-state index in [-0.39, 0.29) is 12.3 Å². The van der Waals surface area contributed by atoms with Crippen molar-refractivity contribution in [3.05, 3.63) is 23.5 Å². The molecule has 0 aromatic rings. The molecule has 0 aliphatic heterocycles. The SMILES string of the molecule is CCOC(=O)/C(N)=C/C(C=N)=C/NC. The zero-order valence-electron chi connectivity index (χ0n) is 8.33. The van der Waals surface area contributed by atoms with Gasteiger partial charge in [0.05, 0.1) is 6.61 Å². The topological polar surface area (TPSA) is 88.2 Å². The van der Waals surface area contributed by atoms with E-state index in [9.17, 15) is 4.79 Å². The first-order valence-electron chi connectivity index (χ1n) is 4.17. The Balaban J connectivity index is 4.55. The van der Waals surface area contributed by atoms with Gasteiger partial charge in [0.25, 0.3) is 0 Å². The maximum Gasteiger partial charge on any atom is 0.354 e. The summed E-state index contributed by atoms with van der Waals surface area (Å²) in [4.78, 5) is 11.1. The summed E-state index contributed by atoms with van der Waals surface area (Å²) in [5.74, 6) is -0.573. The molecule has 0 aromatic heterocycles. The Hall–Kier alpha value is -1.78. The molecule has 0 radical (unpaired) electrons. The summed E-state index contributed by atoms with van der Waals surface area (Å²) in [5, 5.41) is 9.74. The van der Waals surface area contributed by atoms with Gasteiger partial charge in [0.2, 0.25) is 0 Å². The van der Waals surface area contributed by atoms with Crippen LogP contribution in [0.5, 0.6) is 0 Å². The Morgan fingerprint density at radius 1 is 1.64 bits per heavy atom. The monoisotopic (exact) mass is 197 g/mol. The number of allylic oxidation sites excluding steroid dienone is 2. The van der Waals surface area contributed by atoms with E-state index in [2.05, 4.69) is 10.1 Å². The first-order chi connectivity index (χ1) is 6.65. The summed E-state index contributed by atoms with van der Waals surface area (Å²) in [6.07, 6.45) is 4.02. The normalized spacial score (nSPS) is 12.1. The fraction of sp³-hybridized carbons (Fsp3) is 0.333. The molecular weight excluding hydrogens is 182 g/mol. The minimum Gasteiger partial charge on any atom is -0.461 e. The molecule has 0 bridgehead atoms. The third-order valence-electron chi connectivity index (χ3n) is 1.31. The Kier molecular flexibility index (Phi) is 5.85. The van der Waals surface area contributed by atoms with E-state index in [0.717, 1.165) is 6.21 Å². The molecule has 0 spiro atoms. The van der Waals surface area contributed by atoms with E-state index in [1.165, 1.54) is 6.08 Å². The molecule has 78 valence electrons. The second-order valence-corrected chi connectivity index (χ2v) is 2.40. The van der Waals surface area contributed by atoms with Crippen molar-refractivity contribution in [3.63, 3.8) is 0 Å². The molecule has 0 rings (SSSR count). The van der Waals surface area contributed by atoms with Gasteiger partial charge in [-0.1, -0.05) is 0 Å². The van der Waals surface area contributed by atoms with Gasteiger partial charge in [-0.15, -0.1) is 0 Å². The molecule has 0 fully saturated rings. The van der Waals surface area contributed by atoms with E-state index in [1.807, 2.05) is 0 Å². The van der Waals surface area contributed by atoms with Crippen LogP contribution in [0.25, 0.3) is 0 Å². The van der Waals surface area contributed by atoms with E-state index in [1.54, 1.807) is 20.2 Å². The lowest BCUT2D eigenvalue weighted by Gasteiger charge is -2.01. The highest BCUT2D eigenvalue weighted by Gasteiger charge is 2.05. The molecule has 0 aliphatic rings. The summed E-state index contributed by atoms with van der Waals surface area (Å²) in [7, 11) is 1.69. The Morgan fingerprint density at radius 2 is 2.29 bits per heavy atom. The number of ether oxygens (including phenoxy) is 1. The third-order valence-corrected chi connectivity index (χ3v) is 1.31. The number of nitrogens with two attached hydrogens (primary N) is 1. The van der Waals surface area contributed by atoms with Gasteiger partial charge in [0.1, 0.15) is 5.70 Å². The summed E-state index contributed by atoms with van der Waals surface area (Å²) < 4.78 is 4.67. The van der Waals surface area contributed by atoms with Gasteiger partial charge in [-0.05, 0) is 13.0 Å². The highest BCUT2D eigenvalue weighted by Crippen LogP contribution is 1.97. The van der Waals surface area contributed by atoms with E-state index < -0.39 is 5.97 Å². The summed E-state index contributed by atoms with van der Waals surface area (Å²) in [5.41, 5.74) is 5.91. The van der Waals surface area contributed by atoms with Gasteiger partial charge in [-0.25, -0.2) is 4.79 Å². The summed E-state index contributed by atoms with van der Waals surface area (Å²) in [6.45, 7) is 1.98. The molecule has 0 aromatic carbocycles. The molecule has 14 heavy (non-hydrogen) atoms. The van der Waals surface area contributed by atoms with Crippen molar-refractivity contribution in [1.29, 1.82) is 5.41 Å². The van der Waals surface area contributed by atoms with Crippen molar-refractivity contribution >= 4 is 12.2 Å². The fourth-order valence-corrected chi connectivity index (χ4v) is 0.745. The Morgan fingerprint density at radius 3 is 2.71 bits per heavy atom. The van der Waals surface area contributed by atoms with Crippen LogP contribution in [-0.4, -0.2) is 25.8 Å². The van der Waals surface area contributed by atoms with Crippen LogP contribution in [0.2, 0.25) is 0 Å². The maximum absolute atomic E-state index is 11.1. The quantitative estimate of drug-likeness (QED) is 0.253. The molecule has 0 saturated carbocycles. The number of nitrogens with one attached hydrogen (secondary N) is 2. The van der Waals surface area contributed by atoms with Crippen molar-refractivity contribution in [1.82, 2.24) is 5.32 Å². The van der Waals surface area contributed by atoms with Crippen molar-refractivity contribution < 1.29 is 9.53 Å². The highest BCUT2D eigenvalue weighted by molar-refractivity contribution is 5.91. The lowest BCUT2D eigenvalue weighted by Crippen LogP contribution is -2.15. The molecule has 0 amide bonds. The van der Waals surface area contributed by atoms with Gasteiger partial charge >= 0.3 is 5.97 Å². The van der Waals surface area contributed by atoms with Crippen LogP contribution in [0.4, 0.5) is 0 Å². The van der Waals surface area contributed by atoms with Crippen molar-refractivity contribution in [3.8, 4) is 0 Å². The van der Waals surface area contributed by atoms with Gasteiger partial charge in [0, 0.05) is 25.0 Å². The summed E-state index contributed by atoms with van der Waals surface area (Å²) in [6, 6.07) is 0. The number of esters is 1. The van der Waals surface area contributed by atoms with E-state index >= 15 is 0 Å². The smallest absolute Gasteiger partial charge is 0.354 e. The zero-order valence-corrected chi connectivity index (χ0v) is 8.33. The fourth-order valence-electron chi connectivity index (χ4n) is 0.745. The lowest BCUT2D eigenvalue weighted by atomic mass is 10.2. The zero-order chi connectivity index (χ0) is 11.0.